The lowest BCUT2D eigenvalue weighted by Crippen LogP contribution is -2.20. The molecule has 126 valence electrons. The summed E-state index contributed by atoms with van der Waals surface area (Å²) in [6.07, 6.45) is 0. The molecule has 0 fully saturated rings. The van der Waals surface area contributed by atoms with Crippen LogP contribution in [0, 0.1) is 0 Å². The first-order chi connectivity index (χ1) is 11.3. The van der Waals surface area contributed by atoms with Crippen LogP contribution in [0.4, 0.5) is 0 Å². The van der Waals surface area contributed by atoms with Gasteiger partial charge in [0.15, 0.2) is 0 Å². The van der Waals surface area contributed by atoms with Gasteiger partial charge in [0, 0.05) is 5.56 Å². The van der Waals surface area contributed by atoms with Gasteiger partial charge in [-0.05, 0) is 59.9 Å². The van der Waals surface area contributed by atoms with Crippen molar-refractivity contribution in [3.05, 3.63) is 65.2 Å². The zero-order valence-corrected chi connectivity index (χ0v) is 14.9. The maximum atomic E-state index is 12.2. The average molecular weight is 324 g/mol. The zero-order valence-electron chi connectivity index (χ0n) is 14.9. The Morgan fingerprint density at radius 2 is 1.50 bits per heavy atom. The number of nitrogens with one attached hydrogen (secondary N) is 1. The maximum Gasteiger partial charge on any atom is 0.271 e. The third-order valence-electron chi connectivity index (χ3n) is 3.85. The van der Waals surface area contributed by atoms with Crippen molar-refractivity contribution in [2.75, 3.05) is 7.11 Å². The minimum absolute atomic E-state index is 0.0676. The van der Waals surface area contributed by atoms with E-state index in [1.165, 1.54) is 5.56 Å². The van der Waals surface area contributed by atoms with Crippen molar-refractivity contribution in [3.8, 4) is 5.75 Å². The van der Waals surface area contributed by atoms with E-state index < -0.39 is 0 Å². The van der Waals surface area contributed by atoms with Gasteiger partial charge in [0.1, 0.15) is 5.75 Å². The van der Waals surface area contributed by atoms with Gasteiger partial charge in [-0.1, -0.05) is 32.9 Å². The van der Waals surface area contributed by atoms with Crippen LogP contribution >= 0.6 is 0 Å². The molecule has 0 saturated heterocycles. The fraction of sp³-hybridized carbons (Fsp3) is 0.300. The Morgan fingerprint density at radius 1 is 0.958 bits per heavy atom. The molecule has 0 aliphatic rings. The predicted octanol–water partition coefficient (Wildman–Crippen LogP) is 4.15. The Morgan fingerprint density at radius 3 is 2.00 bits per heavy atom. The van der Waals surface area contributed by atoms with Crippen LogP contribution in [0.15, 0.2) is 53.6 Å². The standard InChI is InChI=1S/C20H24N2O2/c1-14(15-8-12-18(24-5)13-9-15)21-22-19(23)16-6-10-17(11-7-16)20(2,3)4/h6-13H,1-5H3,(H,22,23). The van der Waals surface area contributed by atoms with Gasteiger partial charge in [0.2, 0.25) is 0 Å². The van der Waals surface area contributed by atoms with Crippen molar-refractivity contribution in [3.63, 3.8) is 0 Å². The first-order valence-electron chi connectivity index (χ1n) is 7.91. The van der Waals surface area contributed by atoms with Gasteiger partial charge in [-0.25, -0.2) is 5.43 Å². The largest absolute Gasteiger partial charge is 0.497 e. The van der Waals surface area contributed by atoms with E-state index in [0.717, 1.165) is 17.0 Å². The van der Waals surface area contributed by atoms with Gasteiger partial charge in [0.05, 0.1) is 12.8 Å². The Bertz CT molecular complexity index is 724. The van der Waals surface area contributed by atoms with Crippen LogP contribution in [-0.4, -0.2) is 18.7 Å². The van der Waals surface area contributed by atoms with Crippen molar-refractivity contribution in [1.29, 1.82) is 0 Å². The first kappa shape index (κ1) is 17.7. The van der Waals surface area contributed by atoms with E-state index in [1.807, 2.05) is 55.5 Å². The Hall–Kier alpha value is -2.62. The number of rotatable bonds is 4. The van der Waals surface area contributed by atoms with Crippen LogP contribution in [0.5, 0.6) is 5.75 Å². The van der Waals surface area contributed by atoms with E-state index in [0.29, 0.717) is 5.56 Å². The van der Waals surface area contributed by atoms with E-state index in [9.17, 15) is 4.79 Å². The van der Waals surface area contributed by atoms with Crippen LogP contribution in [0.3, 0.4) is 0 Å². The van der Waals surface area contributed by atoms with E-state index in [4.69, 9.17) is 4.74 Å². The number of nitrogens with zero attached hydrogens (tertiary/aromatic N) is 1. The summed E-state index contributed by atoms with van der Waals surface area (Å²) in [7, 11) is 1.63. The van der Waals surface area contributed by atoms with Crippen molar-refractivity contribution in [2.45, 2.75) is 33.1 Å². The summed E-state index contributed by atoms with van der Waals surface area (Å²) in [6.45, 7) is 8.28. The fourth-order valence-electron chi connectivity index (χ4n) is 2.22. The first-order valence-corrected chi connectivity index (χ1v) is 7.91. The van der Waals surface area contributed by atoms with Crippen molar-refractivity contribution >= 4 is 11.6 Å². The Labute approximate surface area is 143 Å². The molecule has 0 bridgehead atoms. The fourth-order valence-corrected chi connectivity index (χ4v) is 2.22. The highest BCUT2D eigenvalue weighted by Gasteiger charge is 2.14. The van der Waals surface area contributed by atoms with Gasteiger partial charge >= 0.3 is 0 Å². The monoisotopic (exact) mass is 324 g/mol. The molecule has 2 rings (SSSR count). The molecule has 2 aromatic carbocycles. The summed E-state index contributed by atoms with van der Waals surface area (Å²) in [5.74, 6) is 0.567. The summed E-state index contributed by atoms with van der Waals surface area (Å²) < 4.78 is 5.13. The number of carbonyl (C=O) groups is 1. The topological polar surface area (TPSA) is 50.7 Å². The van der Waals surface area contributed by atoms with E-state index in [2.05, 4.69) is 31.3 Å². The minimum atomic E-state index is -0.219. The summed E-state index contributed by atoms with van der Waals surface area (Å²) in [6, 6.07) is 15.2. The lowest BCUT2D eigenvalue weighted by Gasteiger charge is -2.18. The molecule has 0 saturated carbocycles. The number of benzene rings is 2. The lowest BCUT2D eigenvalue weighted by molar-refractivity contribution is 0.0955. The number of hydrogen-bond acceptors (Lipinski definition) is 3. The van der Waals surface area contributed by atoms with Crippen molar-refractivity contribution in [2.24, 2.45) is 5.10 Å². The molecule has 0 heterocycles. The maximum absolute atomic E-state index is 12.2. The highest BCUT2D eigenvalue weighted by molar-refractivity contribution is 6.00. The summed E-state index contributed by atoms with van der Waals surface area (Å²) >= 11 is 0. The minimum Gasteiger partial charge on any atom is -0.497 e. The van der Waals surface area contributed by atoms with Gasteiger partial charge in [-0.2, -0.15) is 5.10 Å². The number of methoxy groups -OCH3 is 1. The van der Waals surface area contributed by atoms with Gasteiger partial charge in [-0.3, -0.25) is 4.79 Å². The predicted molar refractivity (Wildman–Crippen MR) is 97.8 cm³/mol. The number of amides is 1. The molecular formula is C20H24N2O2. The molecular weight excluding hydrogens is 300 g/mol. The smallest absolute Gasteiger partial charge is 0.271 e. The SMILES string of the molecule is COc1ccc(C(C)=NNC(=O)c2ccc(C(C)(C)C)cc2)cc1. The Balaban J connectivity index is 2.05. The molecule has 0 spiro atoms. The van der Waals surface area contributed by atoms with Gasteiger partial charge < -0.3 is 4.74 Å². The van der Waals surface area contributed by atoms with Crippen LogP contribution in [0.1, 0.15) is 49.2 Å². The number of hydrogen-bond donors (Lipinski definition) is 1. The molecule has 1 N–H and O–H groups in total. The molecule has 4 nitrogen and oxygen atoms in total. The van der Waals surface area contributed by atoms with Gasteiger partial charge in [-0.15, -0.1) is 0 Å². The summed E-state index contributed by atoms with van der Waals surface area (Å²) in [4.78, 5) is 12.2. The van der Waals surface area contributed by atoms with Crippen LogP contribution in [0.25, 0.3) is 0 Å². The quantitative estimate of drug-likeness (QED) is 0.678. The van der Waals surface area contributed by atoms with E-state index in [-0.39, 0.29) is 11.3 Å². The summed E-state index contributed by atoms with van der Waals surface area (Å²) in [5, 5.41) is 4.17. The molecule has 0 aliphatic carbocycles. The summed E-state index contributed by atoms with van der Waals surface area (Å²) in [5.41, 5.74) is 6.12. The molecule has 0 aromatic heterocycles. The molecule has 0 atom stereocenters. The van der Waals surface area contributed by atoms with Crippen LogP contribution < -0.4 is 10.2 Å². The van der Waals surface area contributed by atoms with E-state index in [1.54, 1.807) is 7.11 Å². The molecule has 4 heteroatoms. The van der Waals surface area contributed by atoms with E-state index >= 15 is 0 Å². The van der Waals surface area contributed by atoms with Crippen LogP contribution in [-0.2, 0) is 5.41 Å². The highest BCUT2D eigenvalue weighted by atomic mass is 16.5. The zero-order chi connectivity index (χ0) is 17.7. The highest BCUT2D eigenvalue weighted by Crippen LogP contribution is 2.22. The lowest BCUT2D eigenvalue weighted by atomic mass is 9.87. The van der Waals surface area contributed by atoms with Crippen LogP contribution in [0.2, 0.25) is 0 Å². The third kappa shape index (κ3) is 4.44. The number of carbonyl (C=O) groups excluding carboxylic acids is 1. The Kier molecular flexibility index (Phi) is 5.39. The van der Waals surface area contributed by atoms with Gasteiger partial charge in [0.25, 0.3) is 5.91 Å². The normalized spacial score (nSPS) is 12.0. The number of hydrazone groups is 1. The van der Waals surface area contributed by atoms with Crippen molar-refractivity contribution in [1.82, 2.24) is 5.43 Å². The molecule has 0 radical (unpaired) electrons. The molecule has 2 aromatic rings. The molecule has 0 unspecified atom stereocenters. The molecule has 24 heavy (non-hydrogen) atoms. The molecule has 0 aliphatic heterocycles. The second-order valence-electron chi connectivity index (χ2n) is 6.69. The number of ether oxygens (including phenoxy) is 1. The van der Waals surface area contributed by atoms with Crippen molar-refractivity contribution < 1.29 is 9.53 Å². The molecule has 1 amide bonds. The second-order valence-corrected chi connectivity index (χ2v) is 6.69. The third-order valence-corrected chi connectivity index (χ3v) is 3.85. The second kappa shape index (κ2) is 7.30. The average Bonchev–Trinajstić information content (AvgIpc) is 2.58.